The first-order valence-electron chi connectivity index (χ1n) is 8.79. The van der Waals surface area contributed by atoms with E-state index in [-0.39, 0.29) is 5.91 Å². The molecule has 4 nitrogen and oxygen atoms in total. The second-order valence-electron chi connectivity index (χ2n) is 7.19. The molecule has 1 saturated carbocycles. The molecular formula is C18H23N3OS2. The average Bonchev–Trinajstić information content (AvgIpc) is 3.34. The molecule has 0 aromatic carbocycles. The summed E-state index contributed by atoms with van der Waals surface area (Å²) in [6.07, 6.45) is 7.64. The van der Waals surface area contributed by atoms with Gasteiger partial charge in [0.15, 0.2) is 0 Å². The Kier molecular flexibility index (Phi) is 4.52. The quantitative estimate of drug-likeness (QED) is 0.650. The average molecular weight is 362 g/mol. The van der Waals surface area contributed by atoms with E-state index >= 15 is 0 Å². The SMILES string of the molecule is C[C@H]1CCc2c(sc3ncnc(SCC(=O)N[C@@H](C)C4CC4)c23)C1. The summed E-state index contributed by atoms with van der Waals surface area (Å²) in [6, 6.07) is 0.305. The van der Waals surface area contributed by atoms with Gasteiger partial charge in [0, 0.05) is 16.3 Å². The third-order valence-corrected chi connectivity index (χ3v) is 7.27. The van der Waals surface area contributed by atoms with E-state index in [0.717, 1.165) is 28.6 Å². The Labute approximate surface area is 150 Å². The van der Waals surface area contributed by atoms with Crippen molar-refractivity contribution in [2.24, 2.45) is 11.8 Å². The predicted octanol–water partition coefficient (Wildman–Crippen LogP) is 3.82. The number of thiophene rings is 1. The molecule has 128 valence electrons. The number of aryl methyl sites for hydroxylation is 1. The first kappa shape index (κ1) is 16.3. The van der Waals surface area contributed by atoms with E-state index in [2.05, 4.69) is 29.1 Å². The lowest BCUT2D eigenvalue weighted by Gasteiger charge is -2.18. The highest BCUT2D eigenvalue weighted by atomic mass is 32.2. The molecule has 2 heterocycles. The molecule has 0 aliphatic heterocycles. The Bertz CT molecular complexity index is 769. The van der Waals surface area contributed by atoms with Crippen LogP contribution in [0, 0.1) is 11.8 Å². The van der Waals surface area contributed by atoms with Crippen LogP contribution in [0.2, 0.25) is 0 Å². The highest BCUT2D eigenvalue weighted by molar-refractivity contribution is 8.00. The number of thioether (sulfide) groups is 1. The second kappa shape index (κ2) is 6.64. The van der Waals surface area contributed by atoms with Crippen molar-refractivity contribution in [3.8, 4) is 0 Å². The standard InChI is InChI=1S/C18H23N3OS2/c1-10-3-6-13-14(7-10)24-18-16(13)17(19-9-20-18)23-8-15(22)21-11(2)12-4-5-12/h9-12H,3-8H2,1-2H3,(H,21,22)/t10-,11-/m0/s1. The maximum Gasteiger partial charge on any atom is 0.230 e. The van der Waals surface area contributed by atoms with E-state index in [0.29, 0.717) is 17.7 Å². The molecule has 2 aromatic heterocycles. The molecule has 1 amide bonds. The van der Waals surface area contributed by atoms with Crippen LogP contribution in [0.5, 0.6) is 0 Å². The molecule has 0 spiro atoms. The molecule has 0 radical (unpaired) electrons. The third-order valence-electron chi connectivity index (χ3n) is 5.11. The van der Waals surface area contributed by atoms with Gasteiger partial charge in [-0.1, -0.05) is 18.7 Å². The van der Waals surface area contributed by atoms with Crippen LogP contribution in [0.25, 0.3) is 10.2 Å². The lowest BCUT2D eigenvalue weighted by molar-refractivity contribution is -0.119. The Morgan fingerprint density at radius 2 is 2.25 bits per heavy atom. The second-order valence-corrected chi connectivity index (χ2v) is 9.24. The van der Waals surface area contributed by atoms with E-state index in [9.17, 15) is 4.79 Å². The van der Waals surface area contributed by atoms with Crippen molar-refractivity contribution in [1.82, 2.24) is 15.3 Å². The minimum absolute atomic E-state index is 0.115. The topological polar surface area (TPSA) is 54.9 Å². The number of carbonyl (C=O) groups excluding carboxylic acids is 1. The highest BCUT2D eigenvalue weighted by Crippen LogP contribution is 2.40. The van der Waals surface area contributed by atoms with Crippen LogP contribution in [-0.2, 0) is 17.6 Å². The Balaban J connectivity index is 1.50. The van der Waals surface area contributed by atoms with Crippen LogP contribution in [0.1, 0.15) is 43.6 Å². The Hall–Kier alpha value is -1.14. The zero-order chi connectivity index (χ0) is 16.7. The van der Waals surface area contributed by atoms with Gasteiger partial charge < -0.3 is 5.32 Å². The van der Waals surface area contributed by atoms with Crippen molar-refractivity contribution in [2.45, 2.75) is 57.0 Å². The minimum Gasteiger partial charge on any atom is -0.353 e. The molecule has 2 aliphatic rings. The Morgan fingerprint density at radius 3 is 3.04 bits per heavy atom. The normalized spacial score (nSPS) is 21.5. The van der Waals surface area contributed by atoms with E-state index < -0.39 is 0 Å². The van der Waals surface area contributed by atoms with Crippen LogP contribution in [-0.4, -0.2) is 27.7 Å². The van der Waals surface area contributed by atoms with E-state index in [4.69, 9.17) is 0 Å². The van der Waals surface area contributed by atoms with Gasteiger partial charge in [-0.05, 0) is 56.4 Å². The summed E-state index contributed by atoms with van der Waals surface area (Å²) in [6.45, 7) is 4.43. The molecule has 2 atom stereocenters. The van der Waals surface area contributed by atoms with Crippen LogP contribution in [0.4, 0.5) is 0 Å². The number of hydrogen-bond acceptors (Lipinski definition) is 5. The van der Waals surface area contributed by atoms with Gasteiger partial charge in [-0.2, -0.15) is 0 Å². The van der Waals surface area contributed by atoms with Crippen molar-refractivity contribution in [1.29, 1.82) is 0 Å². The highest BCUT2D eigenvalue weighted by Gasteiger charge is 2.29. The largest absolute Gasteiger partial charge is 0.353 e. The fraction of sp³-hybridized carbons (Fsp3) is 0.611. The molecule has 2 aromatic rings. The molecular weight excluding hydrogens is 338 g/mol. The lowest BCUT2D eigenvalue weighted by Crippen LogP contribution is -2.35. The monoisotopic (exact) mass is 361 g/mol. The van der Waals surface area contributed by atoms with Crippen molar-refractivity contribution < 1.29 is 4.79 Å². The van der Waals surface area contributed by atoms with Gasteiger partial charge in [0.25, 0.3) is 0 Å². The predicted molar refractivity (Wildman–Crippen MR) is 99.7 cm³/mol. The first-order chi connectivity index (χ1) is 11.6. The summed E-state index contributed by atoms with van der Waals surface area (Å²) in [5, 5.41) is 5.30. The maximum absolute atomic E-state index is 12.2. The number of carbonyl (C=O) groups is 1. The van der Waals surface area contributed by atoms with Crippen molar-refractivity contribution in [3.63, 3.8) is 0 Å². The minimum atomic E-state index is 0.115. The number of rotatable bonds is 5. The number of hydrogen-bond donors (Lipinski definition) is 1. The molecule has 0 bridgehead atoms. The fourth-order valence-electron chi connectivity index (χ4n) is 3.50. The zero-order valence-corrected chi connectivity index (χ0v) is 15.8. The molecule has 1 fully saturated rings. The first-order valence-corrected chi connectivity index (χ1v) is 10.6. The molecule has 0 saturated heterocycles. The van der Waals surface area contributed by atoms with Crippen LogP contribution < -0.4 is 5.32 Å². The lowest BCUT2D eigenvalue weighted by atomic mass is 9.89. The van der Waals surface area contributed by atoms with Gasteiger partial charge >= 0.3 is 0 Å². The van der Waals surface area contributed by atoms with Crippen molar-refractivity contribution >= 4 is 39.2 Å². The van der Waals surface area contributed by atoms with Gasteiger partial charge in [0.05, 0.1) is 5.75 Å². The molecule has 6 heteroatoms. The summed E-state index contributed by atoms with van der Waals surface area (Å²) in [5.74, 6) is 1.99. The maximum atomic E-state index is 12.2. The van der Waals surface area contributed by atoms with E-state index in [1.54, 1.807) is 18.1 Å². The smallest absolute Gasteiger partial charge is 0.230 e. The van der Waals surface area contributed by atoms with Crippen molar-refractivity contribution in [2.75, 3.05) is 5.75 Å². The van der Waals surface area contributed by atoms with Crippen molar-refractivity contribution in [3.05, 3.63) is 16.8 Å². The molecule has 2 aliphatic carbocycles. The van der Waals surface area contributed by atoms with Gasteiger partial charge in [-0.25, -0.2) is 9.97 Å². The van der Waals surface area contributed by atoms with Gasteiger partial charge in [0.1, 0.15) is 16.2 Å². The molecule has 1 N–H and O–H groups in total. The van der Waals surface area contributed by atoms with E-state index in [1.165, 1.54) is 35.1 Å². The number of aromatic nitrogens is 2. The number of nitrogens with zero attached hydrogens (tertiary/aromatic N) is 2. The molecule has 0 unspecified atom stereocenters. The summed E-state index contributed by atoms with van der Waals surface area (Å²) < 4.78 is 0. The summed E-state index contributed by atoms with van der Waals surface area (Å²) in [7, 11) is 0. The van der Waals surface area contributed by atoms with Crippen LogP contribution in [0.15, 0.2) is 11.4 Å². The van der Waals surface area contributed by atoms with Gasteiger partial charge in [0.2, 0.25) is 5.91 Å². The Morgan fingerprint density at radius 1 is 1.42 bits per heavy atom. The fourth-order valence-corrected chi connectivity index (χ4v) is 5.75. The third kappa shape index (κ3) is 3.31. The summed E-state index contributed by atoms with van der Waals surface area (Å²) in [5.41, 5.74) is 1.43. The number of amides is 1. The van der Waals surface area contributed by atoms with Gasteiger partial charge in [-0.15, -0.1) is 11.3 Å². The summed E-state index contributed by atoms with van der Waals surface area (Å²) in [4.78, 5) is 23.7. The summed E-state index contributed by atoms with van der Waals surface area (Å²) >= 11 is 3.36. The molecule has 24 heavy (non-hydrogen) atoms. The number of fused-ring (bicyclic) bond motifs is 3. The van der Waals surface area contributed by atoms with Gasteiger partial charge in [-0.3, -0.25) is 4.79 Å². The molecule has 4 rings (SSSR count). The van der Waals surface area contributed by atoms with E-state index in [1.807, 2.05) is 11.3 Å². The van der Waals surface area contributed by atoms with Crippen LogP contribution in [0.3, 0.4) is 0 Å². The number of nitrogens with one attached hydrogen (secondary N) is 1. The van der Waals surface area contributed by atoms with Crippen LogP contribution >= 0.6 is 23.1 Å². The zero-order valence-electron chi connectivity index (χ0n) is 14.2.